The van der Waals surface area contributed by atoms with Gasteiger partial charge in [-0.3, -0.25) is 9.69 Å². The molecule has 124 valence electrons. The number of anilines is 4. The van der Waals surface area contributed by atoms with Gasteiger partial charge in [-0.2, -0.15) is 0 Å². The van der Waals surface area contributed by atoms with Crippen molar-refractivity contribution in [2.24, 2.45) is 5.73 Å². The van der Waals surface area contributed by atoms with Crippen LogP contribution in [-0.4, -0.2) is 16.2 Å². The largest absolute Gasteiger partial charge is 0.448 e. The molecule has 0 spiro atoms. The van der Waals surface area contributed by atoms with Crippen LogP contribution < -0.4 is 16.4 Å². The number of rotatable bonds is 4. The van der Waals surface area contributed by atoms with E-state index in [9.17, 15) is 4.79 Å². The molecule has 0 saturated heterocycles. The first kappa shape index (κ1) is 14.8. The van der Waals surface area contributed by atoms with Crippen LogP contribution in [0, 0.1) is 0 Å². The molecule has 4 N–H and O–H groups in total. The number of benzene rings is 2. The minimum Gasteiger partial charge on any atom is -0.448 e. The van der Waals surface area contributed by atoms with Crippen LogP contribution >= 0.6 is 0 Å². The summed E-state index contributed by atoms with van der Waals surface area (Å²) < 4.78 is 10.4. The summed E-state index contributed by atoms with van der Waals surface area (Å²) in [6, 6.07) is 13.9. The Morgan fingerprint density at radius 1 is 1.00 bits per heavy atom. The fourth-order valence-electron chi connectivity index (χ4n) is 2.61. The molecule has 1 amide bonds. The van der Waals surface area contributed by atoms with Gasteiger partial charge < -0.3 is 15.9 Å². The van der Waals surface area contributed by atoms with Gasteiger partial charge in [0.15, 0.2) is 11.0 Å². The van der Waals surface area contributed by atoms with Gasteiger partial charge in [0.1, 0.15) is 0 Å². The van der Waals surface area contributed by atoms with Gasteiger partial charge >= 0.3 is 0 Å². The zero-order valence-electron chi connectivity index (χ0n) is 12.9. The van der Waals surface area contributed by atoms with Crippen LogP contribution in [-0.2, 0) is 0 Å². The minimum absolute atomic E-state index is 0.411. The molecule has 2 heterocycles. The van der Waals surface area contributed by atoms with Gasteiger partial charge in [-0.05, 0) is 52.8 Å². The third-order valence-electron chi connectivity index (χ3n) is 3.80. The molecule has 8 heteroatoms. The number of aromatic nitrogens is 2. The van der Waals surface area contributed by atoms with Gasteiger partial charge in [-0.1, -0.05) is 0 Å². The zero-order valence-corrected chi connectivity index (χ0v) is 12.9. The molecule has 25 heavy (non-hydrogen) atoms. The highest BCUT2D eigenvalue weighted by Gasteiger charge is 2.21. The molecule has 0 aliphatic heterocycles. The second-order valence-electron chi connectivity index (χ2n) is 5.33. The topological polar surface area (TPSA) is 124 Å². The van der Waals surface area contributed by atoms with E-state index in [1.165, 1.54) is 0 Å². The normalized spacial score (nSPS) is 10.9. The molecule has 0 fully saturated rings. The molecule has 0 bridgehead atoms. The number of carbonyl (C=O) groups excluding carboxylic acids is 1. The number of fused-ring (bicyclic) bond motifs is 1. The molecule has 0 aliphatic carbocycles. The van der Waals surface area contributed by atoms with Crippen molar-refractivity contribution in [3.63, 3.8) is 0 Å². The van der Waals surface area contributed by atoms with Gasteiger partial charge in [0.2, 0.25) is 11.8 Å². The number of carbonyl (C=O) groups is 1. The summed E-state index contributed by atoms with van der Waals surface area (Å²) in [5.41, 5.74) is 14.5. The second kappa shape index (κ2) is 5.68. The molecular formula is C17H13N5O3. The van der Waals surface area contributed by atoms with E-state index in [0.29, 0.717) is 33.9 Å². The third-order valence-corrected chi connectivity index (χ3v) is 3.80. The standard InChI is InChI=1S/C17H13N5O3/c18-12-7-8-13(16-15(12)20-25-21-16)22(14-2-1-9-24-14)11-5-3-10(4-6-11)17(19)23/h1-9H,18H2,(H2,19,23). The zero-order chi connectivity index (χ0) is 17.4. The van der Waals surface area contributed by atoms with Gasteiger partial charge in [-0.25, -0.2) is 4.63 Å². The molecule has 0 unspecified atom stereocenters. The van der Waals surface area contributed by atoms with Gasteiger partial charge in [0.25, 0.3) is 0 Å². The molecule has 0 saturated carbocycles. The first-order valence-corrected chi connectivity index (χ1v) is 7.39. The van der Waals surface area contributed by atoms with Crippen LogP contribution in [0.1, 0.15) is 10.4 Å². The van der Waals surface area contributed by atoms with Crippen LogP contribution in [0.15, 0.2) is 63.8 Å². The van der Waals surface area contributed by atoms with Crippen LogP contribution in [0.2, 0.25) is 0 Å². The lowest BCUT2D eigenvalue weighted by atomic mass is 10.1. The van der Waals surface area contributed by atoms with Crippen molar-refractivity contribution in [2.45, 2.75) is 0 Å². The number of primary amides is 1. The highest BCUT2D eigenvalue weighted by Crippen LogP contribution is 2.39. The second-order valence-corrected chi connectivity index (χ2v) is 5.33. The molecule has 2 aromatic carbocycles. The fourth-order valence-corrected chi connectivity index (χ4v) is 2.61. The first-order valence-electron chi connectivity index (χ1n) is 7.39. The molecule has 2 aromatic heterocycles. The molecule has 0 atom stereocenters. The molecule has 0 radical (unpaired) electrons. The molecule has 4 aromatic rings. The maximum absolute atomic E-state index is 11.3. The number of furan rings is 1. The van der Waals surface area contributed by atoms with E-state index >= 15 is 0 Å². The SMILES string of the molecule is NC(=O)c1ccc(N(c2ccco2)c2ccc(N)c3nonc23)cc1. The number of nitrogen functional groups attached to an aromatic ring is 1. The third kappa shape index (κ3) is 2.45. The van der Waals surface area contributed by atoms with Crippen molar-refractivity contribution in [2.75, 3.05) is 10.6 Å². The number of nitrogens with zero attached hydrogens (tertiary/aromatic N) is 3. The number of amides is 1. The smallest absolute Gasteiger partial charge is 0.248 e. The van der Waals surface area contributed by atoms with Crippen molar-refractivity contribution in [3.05, 3.63) is 60.4 Å². The molecule has 8 nitrogen and oxygen atoms in total. The summed E-state index contributed by atoms with van der Waals surface area (Å²) in [7, 11) is 0. The summed E-state index contributed by atoms with van der Waals surface area (Å²) in [6.07, 6.45) is 1.57. The molecule has 0 aliphatic rings. The summed E-state index contributed by atoms with van der Waals surface area (Å²) in [4.78, 5) is 13.1. The Labute approximate surface area is 141 Å². The van der Waals surface area contributed by atoms with E-state index < -0.39 is 5.91 Å². The number of hydrogen-bond donors (Lipinski definition) is 2. The summed E-state index contributed by atoms with van der Waals surface area (Å²) in [5.74, 6) is 0.0626. The Kier molecular flexibility index (Phi) is 3.35. The Hall–Kier alpha value is -3.81. The number of nitrogens with two attached hydrogens (primary N) is 2. The van der Waals surface area contributed by atoms with Crippen LogP contribution in [0.4, 0.5) is 22.9 Å². The summed E-state index contributed by atoms with van der Waals surface area (Å²) in [6.45, 7) is 0. The van der Waals surface area contributed by atoms with E-state index in [2.05, 4.69) is 10.3 Å². The predicted molar refractivity (Wildman–Crippen MR) is 91.7 cm³/mol. The van der Waals surface area contributed by atoms with E-state index in [1.807, 2.05) is 4.90 Å². The molecular weight excluding hydrogens is 322 g/mol. The lowest BCUT2D eigenvalue weighted by molar-refractivity contribution is 0.100. The van der Waals surface area contributed by atoms with Crippen LogP contribution in [0.5, 0.6) is 0 Å². The predicted octanol–water partition coefficient (Wildman–Crippen LogP) is 2.97. The summed E-state index contributed by atoms with van der Waals surface area (Å²) in [5, 5.41) is 7.80. The average molecular weight is 335 g/mol. The monoisotopic (exact) mass is 335 g/mol. The Morgan fingerprint density at radius 2 is 1.76 bits per heavy atom. The average Bonchev–Trinajstić information content (AvgIpc) is 3.30. The maximum Gasteiger partial charge on any atom is 0.248 e. The fraction of sp³-hybridized carbons (Fsp3) is 0. The Bertz CT molecular complexity index is 1040. The quantitative estimate of drug-likeness (QED) is 0.549. The van der Waals surface area contributed by atoms with Crippen molar-refractivity contribution >= 4 is 39.9 Å². The lowest BCUT2D eigenvalue weighted by Gasteiger charge is -2.22. The highest BCUT2D eigenvalue weighted by molar-refractivity contribution is 5.99. The molecule has 4 rings (SSSR count). The van der Waals surface area contributed by atoms with Crippen molar-refractivity contribution in [1.82, 2.24) is 10.3 Å². The van der Waals surface area contributed by atoms with E-state index in [0.717, 1.165) is 5.69 Å². The van der Waals surface area contributed by atoms with Crippen LogP contribution in [0.25, 0.3) is 11.0 Å². The first-order chi connectivity index (χ1) is 12.1. The van der Waals surface area contributed by atoms with E-state index in [-0.39, 0.29) is 0 Å². The lowest BCUT2D eigenvalue weighted by Crippen LogP contribution is -2.13. The van der Waals surface area contributed by atoms with Crippen molar-refractivity contribution < 1.29 is 13.8 Å². The van der Waals surface area contributed by atoms with Gasteiger partial charge in [0.05, 0.1) is 17.6 Å². The maximum atomic E-state index is 11.3. The van der Waals surface area contributed by atoms with E-state index in [1.54, 1.807) is 54.8 Å². The Balaban J connectivity index is 1.91. The van der Waals surface area contributed by atoms with Crippen molar-refractivity contribution in [3.8, 4) is 0 Å². The Morgan fingerprint density at radius 3 is 2.44 bits per heavy atom. The van der Waals surface area contributed by atoms with Crippen LogP contribution in [0.3, 0.4) is 0 Å². The van der Waals surface area contributed by atoms with Crippen molar-refractivity contribution in [1.29, 1.82) is 0 Å². The van der Waals surface area contributed by atoms with E-state index in [4.69, 9.17) is 20.5 Å². The number of hydrogen-bond acceptors (Lipinski definition) is 7. The van der Waals surface area contributed by atoms with Gasteiger partial charge in [0, 0.05) is 17.3 Å². The summed E-state index contributed by atoms with van der Waals surface area (Å²) >= 11 is 0. The highest BCUT2D eigenvalue weighted by atomic mass is 16.6. The van der Waals surface area contributed by atoms with Gasteiger partial charge in [-0.15, -0.1) is 0 Å². The minimum atomic E-state index is -0.494.